The van der Waals surface area contributed by atoms with Crippen molar-refractivity contribution in [1.82, 2.24) is 5.32 Å². The first kappa shape index (κ1) is 24.3. The number of benzene rings is 4. The van der Waals surface area contributed by atoms with Crippen molar-refractivity contribution in [3.63, 3.8) is 0 Å². The van der Waals surface area contributed by atoms with E-state index < -0.39 is 15.7 Å². The summed E-state index contributed by atoms with van der Waals surface area (Å²) in [4.78, 5) is 6.61. The molecule has 0 atom stereocenters. The van der Waals surface area contributed by atoms with Crippen LogP contribution in [0.4, 0.5) is 11.4 Å². The van der Waals surface area contributed by atoms with Crippen LogP contribution in [-0.4, -0.2) is 25.2 Å². The largest absolute Gasteiger partial charge is 0.316 e. The molecule has 0 saturated heterocycles. The zero-order valence-corrected chi connectivity index (χ0v) is 20.8. The molecule has 0 aliphatic rings. The van der Waals surface area contributed by atoms with Gasteiger partial charge in [-0.25, -0.2) is 8.42 Å². The van der Waals surface area contributed by atoms with Crippen molar-refractivity contribution in [3.8, 4) is 0 Å². The van der Waals surface area contributed by atoms with E-state index in [1.807, 2.05) is 96.8 Å². The average Bonchev–Trinajstić information content (AvgIpc) is 2.89. The summed E-state index contributed by atoms with van der Waals surface area (Å²) in [5.74, 6) is -0.0293. The molecule has 0 radical (unpaired) electrons. The van der Waals surface area contributed by atoms with Crippen LogP contribution in [0.1, 0.15) is 11.1 Å². The number of sulfone groups is 1. The Morgan fingerprint density at radius 2 is 1.26 bits per heavy atom. The third-order valence-electron chi connectivity index (χ3n) is 5.28. The minimum atomic E-state index is -3.62. The lowest BCUT2D eigenvalue weighted by atomic mass is 10.1. The molecule has 0 unspecified atom stereocenters. The normalized spacial score (nSPS) is 11.6. The maximum atomic E-state index is 12.9. The molecule has 35 heavy (non-hydrogen) atoms. The number of nitrogens with one attached hydrogen (secondary N) is 1. The first-order chi connectivity index (χ1) is 16.9. The van der Waals surface area contributed by atoms with Gasteiger partial charge in [0.25, 0.3) is 0 Å². The Balaban J connectivity index is 1.70. The van der Waals surface area contributed by atoms with Gasteiger partial charge in [0.05, 0.1) is 4.90 Å². The molecule has 4 rings (SSSR count). The second kappa shape index (κ2) is 11.1. The first-order valence-corrected chi connectivity index (χ1v) is 13.1. The Bertz CT molecular complexity index is 1370. The minimum absolute atomic E-state index is 0.227. The fraction of sp³-hybridized carbons (Fsp3) is 0.0714. The van der Waals surface area contributed by atoms with Crippen molar-refractivity contribution in [2.45, 2.75) is 11.8 Å². The summed E-state index contributed by atoms with van der Waals surface area (Å²) >= 11 is 5.83. The molecule has 0 aliphatic heterocycles. The van der Waals surface area contributed by atoms with Crippen LogP contribution < -0.4 is 10.2 Å². The highest BCUT2D eigenvalue weighted by Crippen LogP contribution is 2.25. The third kappa shape index (κ3) is 6.20. The Hall–Kier alpha value is -3.81. The number of aliphatic imine (C=N–C) groups is 1. The Kier molecular flexibility index (Phi) is 7.70. The summed E-state index contributed by atoms with van der Waals surface area (Å²) in [5, 5.41) is 3.59. The number of thiocarbonyl (C=S) groups is 1. The highest BCUT2D eigenvalue weighted by atomic mass is 32.2. The summed E-state index contributed by atoms with van der Waals surface area (Å²) in [6.45, 7) is 1.99. The lowest BCUT2D eigenvalue weighted by Crippen LogP contribution is -2.41. The van der Waals surface area contributed by atoms with E-state index in [1.165, 1.54) is 0 Å². The predicted octanol–water partition coefficient (Wildman–Crippen LogP) is 5.89. The number of nitrogens with zero attached hydrogens (tertiary/aromatic N) is 2. The molecule has 0 aliphatic carbocycles. The van der Waals surface area contributed by atoms with Crippen LogP contribution in [0.3, 0.4) is 0 Å². The SMILES string of the molecule is Cc1ccc(C(=NCS(=O)(=O)c2ccccc2)NC(=S)N(c2ccccc2)c2ccccc2)cc1. The Labute approximate surface area is 211 Å². The number of hydrogen-bond acceptors (Lipinski definition) is 4. The molecule has 5 nitrogen and oxygen atoms in total. The van der Waals surface area contributed by atoms with Crippen LogP contribution in [0.5, 0.6) is 0 Å². The van der Waals surface area contributed by atoms with E-state index in [-0.39, 0.29) is 4.90 Å². The molecule has 7 heteroatoms. The predicted molar refractivity (Wildman–Crippen MR) is 147 cm³/mol. The van der Waals surface area contributed by atoms with Crippen molar-refractivity contribution in [2.75, 3.05) is 10.8 Å². The molecule has 1 N–H and O–H groups in total. The molecule has 0 bridgehead atoms. The fourth-order valence-corrected chi connectivity index (χ4v) is 4.79. The zero-order chi connectivity index (χ0) is 24.7. The molecule has 4 aromatic rings. The van der Waals surface area contributed by atoms with Crippen molar-refractivity contribution in [1.29, 1.82) is 0 Å². The van der Waals surface area contributed by atoms with Gasteiger partial charge in [0.15, 0.2) is 14.9 Å². The van der Waals surface area contributed by atoms with Gasteiger partial charge in [0.1, 0.15) is 11.7 Å². The fourth-order valence-electron chi connectivity index (χ4n) is 3.46. The summed E-state index contributed by atoms with van der Waals surface area (Å²) in [7, 11) is -3.62. The second-order valence-electron chi connectivity index (χ2n) is 7.87. The van der Waals surface area contributed by atoms with Gasteiger partial charge >= 0.3 is 0 Å². The molecule has 0 amide bonds. The molecule has 0 fully saturated rings. The molecule has 4 aromatic carbocycles. The highest BCUT2D eigenvalue weighted by Gasteiger charge is 2.18. The standard InChI is InChI=1S/C28H25N3O2S2/c1-22-17-19-23(20-18-22)27(29-21-35(32,33)26-15-9-4-10-16-26)30-28(34)31(24-11-5-2-6-12-24)25-13-7-3-8-14-25/h2-20H,21H2,1H3,(H,29,30,34). The first-order valence-electron chi connectivity index (χ1n) is 11.0. The maximum absolute atomic E-state index is 12.9. The number of anilines is 2. The average molecular weight is 500 g/mol. The topological polar surface area (TPSA) is 61.8 Å². The van der Waals surface area contributed by atoms with E-state index in [9.17, 15) is 8.42 Å². The van der Waals surface area contributed by atoms with Gasteiger partial charge in [-0.3, -0.25) is 9.89 Å². The van der Waals surface area contributed by atoms with E-state index in [4.69, 9.17) is 12.2 Å². The molecular weight excluding hydrogens is 474 g/mol. The van der Waals surface area contributed by atoms with E-state index in [0.29, 0.717) is 10.9 Å². The number of rotatable bonds is 6. The van der Waals surface area contributed by atoms with Crippen molar-refractivity contribution < 1.29 is 8.42 Å². The lowest BCUT2D eigenvalue weighted by molar-refractivity contribution is 0.596. The van der Waals surface area contributed by atoms with Crippen LogP contribution in [0.25, 0.3) is 0 Å². The number of para-hydroxylation sites is 2. The van der Waals surface area contributed by atoms with Gasteiger partial charge in [0.2, 0.25) is 0 Å². The molecule has 0 aromatic heterocycles. The second-order valence-corrected chi connectivity index (χ2v) is 10.2. The van der Waals surface area contributed by atoms with Gasteiger partial charge in [-0.2, -0.15) is 0 Å². The van der Waals surface area contributed by atoms with E-state index in [1.54, 1.807) is 30.3 Å². The van der Waals surface area contributed by atoms with Gasteiger partial charge < -0.3 is 5.32 Å². The molecular formula is C28H25N3O2S2. The van der Waals surface area contributed by atoms with Crippen molar-refractivity contribution >= 4 is 44.4 Å². The van der Waals surface area contributed by atoms with Crippen LogP contribution in [0, 0.1) is 6.92 Å². The minimum Gasteiger partial charge on any atom is -0.316 e. The lowest BCUT2D eigenvalue weighted by Gasteiger charge is -2.26. The molecule has 0 spiro atoms. The highest BCUT2D eigenvalue weighted by molar-refractivity contribution is 7.91. The third-order valence-corrected chi connectivity index (χ3v) is 7.02. The molecule has 0 saturated carbocycles. The monoisotopic (exact) mass is 499 g/mol. The summed E-state index contributed by atoms with van der Waals surface area (Å²) in [5.41, 5.74) is 3.57. The van der Waals surface area contributed by atoms with Crippen LogP contribution in [0.15, 0.2) is 125 Å². The summed E-state index contributed by atoms with van der Waals surface area (Å²) < 4.78 is 25.8. The van der Waals surface area contributed by atoms with Gasteiger partial charge in [0, 0.05) is 16.9 Å². The van der Waals surface area contributed by atoms with Gasteiger partial charge in [-0.15, -0.1) is 0 Å². The number of aryl methyl sites for hydroxylation is 1. The Morgan fingerprint density at radius 3 is 1.77 bits per heavy atom. The number of hydrogen-bond donors (Lipinski definition) is 1. The number of amidine groups is 1. The quantitative estimate of drug-likeness (QED) is 0.204. The van der Waals surface area contributed by atoms with Crippen LogP contribution >= 0.6 is 12.2 Å². The van der Waals surface area contributed by atoms with Crippen LogP contribution in [0.2, 0.25) is 0 Å². The van der Waals surface area contributed by atoms with E-state index in [0.717, 1.165) is 22.5 Å². The zero-order valence-electron chi connectivity index (χ0n) is 19.2. The summed E-state index contributed by atoms with van der Waals surface area (Å²) in [6.07, 6.45) is 0. The van der Waals surface area contributed by atoms with E-state index >= 15 is 0 Å². The Morgan fingerprint density at radius 1 is 0.771 bits per heavy atom. The van der Waals surface area contributed by atoms with Crippen LogP contribution in [-0.2, 0) is 9.84 Å². The van der Waals surface area contributed by atoms with Crippen molar-refractivity contribution in [3.05, 3.63) is 126 Å². The molecule has 0 heterocycles. The van der Waals surface area contributed by atoms with Gasteiger partial charge in [-0.05, 0) is 55.5 Å². The van der Waals surface area contributed by atoms with Gasteiger partial charge in [-0.1, -0.05) is 84.4 Å². The maximum Gasteiger partial charge on any atom is 0.198 e. The summed E-state index contributed by atoms with van der Waals surface area (Å²) in [6, 6.07) is 35.5. The van der Waals surface area contributed by atoms with E-state index in [2.05, 4.69) is 10.3 Å². The van der Waals surface area contributed by atoms with Crippen molar-refractivity contribution in [2.24, 2.45) is 4.99 Å². The molecule has 176 valence electrons. The smallest absolute Gasteiger partial charge is 0.198 e.